The number of rotatable bonds is 5. The van der Waals surface area contributed by atoms with E-state index in [1.807, 2.05) is 24.3 Å². The molecule has 1 atom stereocenters. The SMILES string of the molecule is CC(C)(C)c1cc(CN2CCN(CC(O)c3ccc(Br)cc3)CC2)cc(C(C)(C)C)c1O. The molecular formula is C27H39BrN2O2. The number of halogens is 1. The molecule has 5 heteroatoms. The van der Waals surface area contributed by atoms with Crippen LogP contribution in [0, 0.1) is 0 Å². The maximum atomic E-state index is 11.0. The Bertz CT molecular complexity index is 870. The van der Waals surface area contributed by atoms with Crippen molar-refractivity contribution in [2.24, 2.45) is 0 Å². The van der Waals surface area contributed by atoms with Gasteiger partial charge in [-0.25, -0.2) is 0 Å². The van der Waals surface area contributed by atoms with Gasteiger partial charge in [0, 0.05) is 43.7 Å². The Hall–Kier alpha value is -1.40. The van der Waals surface area contributed by atoms with E-state index in [9.17, 15) is 10.2 Å². The summed E-state index contributed by atoms with van der Waals surface area (Å²) in [5.41, 5.74) is 4.06. The number of nitrogens with zero attached hydrogens (tertiary/aromatic N) is 2. The first-order valence-electron chi connectivity index (χ1n) is 11.6. The fourth-order valence-corrected chi connectivity index (χ4v) is 4.62. The predicted octanol–water partition coefficient (Wildman–Crippen LogP) is 5.60. The van der Waals surface area contributed by atoms with Gasteiger partial charge in [-0.15, -0.1) is 0 Å². The molecule has 2 aromatic rings. The van der Waals surface area contributed by atoms with E-state index in [0.717, 1.165) is 53.9 Å². The molecule has 0 bridgehead atoms. The summed E-state index contributed by atoms with van der Waals surface area (Å²) in [4.78, 5) is 4.83. The first-order chi connectivity index (χ1) is 14.8. The minimum absolute atomic E-state index is 0.109. The summed E-state index contributed by atoms with van der Waals surface area (Å²) in [6, 6.07) is 12.3. The van der Waals surface area contributed by atoms with E-state index in [1.54, 1.807) is 0 Å². The molecule has 0 aromatic heterocycles. The standard InChI is InChI=1S/C27H39BrN2O2/c1-26(2,3)22-15-19(16-23(25(22)32)27(4,5)6)17-29-11-13-30(14-12-29)18-24(31)20-7-9-21(28)10-8-20/h7-10,15-16,24,31-32H,11-14,17-18H2,1-6H3. The number of aliphatic hydroxyl groups is 1. The first kappa shape index (κ1) is 25.2. The summed E-state index contributed by atoms with van der Waals surface area (Å²) in [7, 11) is 0. The number of phenolic OH excluding ortho intramolecular Hbond substituents is 1. The second-order valence-electron chi connectivity index (χ2n) is 11.2. The maximum Gasteiger partial charge on any atom is 0.123 e. The van der Waals surface area contributed by atoms with E-state index in [1.165, 1.54) is 5.56 Å². The number of phenols is 1. The van der Waals surface area contributed by atoms with Gasteiger partial charge in [0.15, 0.2) is 0 Å². The van der Waals surface area contributed by atoms with Crippen LogP contribution in [0.1, 0.15) is 69.9 Å². The lowest BCUT2D eigenvalue weighted by atomic mass is 9.78. The summed E-state index contributed by atoms with van der Waals surface area (Å²) < 4.78 is 1.03. The zero-order valence-electron chi connectivity index (χ0n) is 20.5. The van der Waals surface area contributed by atoms with Crippen LogP contribution in [0.25, 0.3) is 0 Å². The van der Waals surface area contributed by atoms with Crippen LogP contribution < -0.4 is 0 Å². The van der Waals surface area contributed by atoms with Gasteiger partial charge in [-0.05, 0) is 45.2 Å². The Morgan fingerprint density at radius 3 is 1.78 bits per heavy atom. The Morgan fingerprint density at radius 2 is 1.31 bits per heavy atom. The zero-order chi connectivity index (χ0) is 23.7. The highest BCUT2D eigenvalue weighted by molar-refractivity contribution is 9.10. The quantitative estimate of drug-likeness (QED) is 0.558. The summed E-state index contributed by atoms with van der Waals surface area (Å²) in [5.74, 6) is 0.445. The maximum absolute atomic E-state index is 11.0. The molecule has 1 saturated heterocycles. The number of piperazine rings is 1. The van der Waals surface area contributed by atoms with Crippen molar-refractivity contribution in [3.05, 3.63) is 63.1 Å². The number of hydrogen-bond acceptors (Lipinski definition) is 4. The van der Waals surface area contributed by atoms with Gasteiger partial charge in [0.2, 0.25) is 0 Å². The van der Waals surface area contributed by atoms with Gasteiger partial charge in [-0.1, -0.05) is 81.7 Å². The third-order valence-corrected chi connectivity index (χ3v) is 6.87. The van der Waals surface area contributed by atoms with Gasteiger partial charge in [-0.3, -0.25) is 9.80 Å². The molecule has 0 amide bonds. The molecule has 176 valence electrons. The summed E-state index contributed by atoms with van der Waals surface area (Å²) in [6.45, 7) is 18.4. The highest BCUT2D eigenvalue weighted by Crippen LogP contribution is 2.40. The normalized spacial score (nSPS) is 17.5. The van der Waals surface area contributed by atoms with Gasteiger partial charge in [0.25, 0.3) is 0 Å². The summed E-state index contributed by atoms with van der Waals surface area (Å²) in [5, 5.41) is 21.6. The van der Waals surface area contributed by atoms with Crippen LogP contribution in [-0.2, 0) is 17.4 Å². The number of hydrogen-bond donors (Lipinski definition) is 2. The van der Waals surface area contributed by atoms with E-state index in [2.05, 4.69) is 79.4 Å². The van der Waals surface area contributed by atoms with Crippen LogP contribution in [0.15, 0.2) is 40.9 Å². The zero-order valence-corrected chi connectivity index (χ0v) is 22.0. The van der Waals surface area contributed by atoms with Crippen molar-refractivity contribution in [2.45, 2.75) is 65.0 Å². The average molecular weight is 504 g/mol. The Kier molecular flexibility index (Phi) is 7.76. The highest BCUT2D eigenvalue weighted by Gasteiger charge is 2.27. The molecule has 1 aliphatic rings. The highest BCUT2D eigenvalue weighted by atomic mass is 79.9. The van der Waals surface area contributed by atoms with Crippen LogP contribution >= 0.6 is 15.9 Å². The van der Waals surface area contributed by atoms with Gasteiger partial charge >= 0.3 is 0 Å². The van der Waals surface area contributed by atoms with Crippen LogP contribution in [0.4, 0.5) is 0 Å². The van der Waals surface area contributed by atoms with Crippen molar-refractivity contribution in [3.63, 3.8) is 0 Å². The van der Waals surface area contributed by atoms with Crippen LogP contribution in [0.3, 0.4) is 0 Å². The van der Waals surface area contributed by atoms with Crippen molar-refractivity contribution >= 4 is 15.9 Å². The van der Waals surface area contributed by atoms with Gasteiger partial charge in [-0.2, -0.15) is 0 Å². The molecule has 1 aliphatic heterocycles. The van der Waals surface area contributed by atoms with Crippen LogP contribution in [0.5, 0.6) is 5.75 Å². The van der Waals surface area contributed by atoms with E-state index in [4.69, 9.17) is 0 Å². The minimum atomic E-state index is -0.463. The number of β-amino-alcohol motifs (C(OH)–C–C–N with tert-alkyl or cyclic N) is 1. The molecule has 1 heterocycles. The van der Waals surface area contributed by atoms with Crippen LogP contribution in [0.2, 0.25) is 0 Å². The van der Waals surface area contributed by atoms with Gasteiger partial charge < -0.3 is 10.2 Å². The molecule has 4 nitrogen and oxygen atoms in total. The fraction of sp³-hybridized carbons (Fsp3) is 0.556. The Balaban J connectivity index is 1.65. The molecule has 0 aliphatic carbocycles. The smallest absolute Gasteiger partial charge is 0.123 e. The third-order valence-electron chi connectivity index (χ3n) is 6.34. The van der Waals surface area contributed by atoms with E-state index >= 15 is 0 Å². The topological polar surface area (TPSA) is 46.9 Å². The summed E-state index contributed by atoms with van der Waals surface area (Å²) in [6.07, 6.45) is -0.463. The largest absolute Gasteiger partial charge is 0.507 e. The van der Waals surface area contributed by atoms with Gasteiger partial charge in [0.1, 0.15) is 5.75 Å². The third kappa shape index (κ3) is 6.34. The summed E-state index contributed by atoms with van der Waals surface area (Å²) >= 11 is 3.45. The number of aliphatic hydroxyl groups excluding tert-OH is 1. The first-order valence-corrected chi connectivity index (χ1v) is 12.4. The van der Waals surface area contributed by atoms with Crippen molar-refractivity contribution < 1.29 is 10.2 Å². The van der Waals surface area contributed by atoms with Gasteiger partial charge in [0.05, 0.1) is 6.10 Å². The number of benzene rings is 2. The molecule has 0 spiro atoms. The molecule has 3 rings (SSSR count). The number of aromatic hydroxyl groups is 1. The second-order valence-corrected chi connectivity index (χ2v) is 12.1. The van der Waals surface area contributed by atoms with E-state index < -0.39 is 6.10 Å². The molecule has 1 unspecified atom stereocenters. The molecule has 0 saturated carbocycles. The molecule has 2 N–H and O–H groups in total. The lowest BCUT2D eigenvalue weighted by Gasteiger charge is -2.36. The van der Waals surface area contributed by atoms with Crippen molar-refractivity contribution in [1.29, 1.82) is 0 Å². The molecule has 0 radical (unpaired) electrons. The van der Waals surface area contributed by atoms with E-state index in [0.29, 0.717) is 12.3 Å². The lowest BCUT2D eigenvalue weighted by Crippen LogP contribution is -2.47. The average Bonchev–Trinajstić information content (AvgIpc) is 2.69. The Labute approximate surface area is 202 Å². The van der Waals surface area contributed by atoms with Crippen molar-refractivity contribution in [1.82, 2.24) is 9.80 Å². The van der Waals surface area contributed by atoms with E-state index in [-0.39, 0.29) is 10.8 Å². The Morgan fingerprint density at radius 1 is 0.844 bits per heavy atom. The van der Waals surface area contributed by atoms with Crippen molar-refractivity contribution in [3.8, 4) is 5.75 Å². The lowest BCUT2D eigenvalue weighted by molar-refractivity contribution is 0.0701. The van der Waals surface area contributed by atoms with Crippen LogP contribution in [-0.4, -0.2) is 52.7 Å². The molecular weight excluding hydrogens is 464 g/mol. The monoisotopic (exact) mass is 502 g/mol. The minimum Gasteiger partial charge on any atom is -0.507 e. The molecule has 32 heavy (non-hydrogen) atoms. The van der Waals surface area contributed by atoms with Crippen molar-refractivity contribution in [2.75, 3.05) is 32.7 Å². The predicted molar refractivity (Wildman–Crippen MR) is 136 cm³/mol. The second kappa shape index (κ2) is 9.84. The fourth-order valence-electron chi connectivity index (χ4n) is 4.35. The molecule has 2 aromatic carbocycles. The molecule has 1 fully saturated rings.